The Morgan fingerprint density at radius 1 is 1.29 bits per heavy atom. The summed E-state index contributed by atoms with van der Waals surface area (Å²) in [5, 5.41) is 0. The monoisotopic (exact) mass is 324 g/mol. The second-order valence-corrected chi connectivity index (χ2v) is 6.68. The molecule has 0 aliphatic heterocycles. The molecule has 5 nitrogen and oxygen atoms in total. The van der Waals surface area contributed by atoms with E-state index in [0.717, 1.165) is 6.07 Å². The van der Waals surface area contributed by atoms with Gasteiger partial charge in [0.2, 0.25) is 5.91 Å². The van der Waals surface area contributed by atoms with Gasteiger partial charge in [0.25, 0.3) is 0 Å². The normalized spacial score (nSPS) is 12.2. The van der Waals surface area contributed by atoms with Crippen molar-refractivity contribution in [2.45, 2.75) is 17.5 Å². The van der Waals surface area contributed by atoms with Crippen molar-refractivity contribution in [3.05, 3.63) is 23.8 Å². The molecule has 0 radical (unpaired) electrons. The Kier molecular flexibility index (Phi) is 4.87. The molecule has 118 valence electrons. The minimum absolute atomic E-state index is 0.268. The van der Waals surface area contributed by atoms with Crippen LogP contribution in [0.4, 0.5) is 18.9 Å². The maximum atomic E-state index is 12.5. The Morgan fingerprint density at radius 3 is 2.29 bits per heavy atom. The van der Waals surface area contributed by atoms with Gasteiger partial charge in [-0.2, -0.15) is 13.2 Å². The first-order valence-corrected chi connectivity index (χ1v) is 7.50. The van der Waals surface area contributed by atoms with Gasteiger partial charge >= 0.3 is 6.18 Å². The summed E-state index contributed by atoms with van der Waals surface area (Å²) >= 11 is 0. The van der Waals surface area contributed by atoms with Crippen LogP contribution in [-0.2, 0) is 20.8 Å². The van der Waals surface area contributed by atoms with Gasteiger partial charge in [0, 0.05) is 20.5 Å². The molecule has 0 saturated carbocycles. The highest BCUT2D eigenvalue weighted by molar-refractivity contribution is 7.91. The number of hydrogen-bond donors (Lipinski definition) is 1. The number of nitrogen functional groups attached to an aromatic ring is 1. The first kappa shape index (κ1) is 17.3. The molecule has 0 fully saturated rings. The molecule has 2 N–H and O–H groups in total. The number of alkyl halides is 3. The van der Waals surface area contributed by atoms with Gasteiger partial charge in [-0.15, -0.1) is 0 Å². The number of nitrogens with two attached hydrogens (primary N) is 1. The molecule has 1 aromatic rings. The van der Waals surface area contributed by atoms with Crippen molar-refractivity contribution >= 4 is 21.4 Å². The van der Waals surface area contributed by atoms with E-state index in [-0.39, 0.29) is 6.42 Å². The van der Waals surface area contributed by atoms with E-state index >= 15 is 0 Å². The lowest BCUT2D eigenvalue weighted by Crippen LogP contribution is -2.24. The van der Waals surface area contributed by atoms with Crippen LogP contribution in [0, 0.1) is 0 Å². The van der Waals surface area contributed by atoms with E-state index in [1.165, 1.54) is 19.0 Å². The van der Waals surface area contributed by atoms with Crippen LogP contribution in [0.1, 0.15) is 12.0 Å². The van der Waals surface area contributed by atoms with E-state index < -0.39 is 43.8 Å². The molecule has 0 saturated heterocycles. The Hall–Kier alpha value is -1.77. The summed E-state index contributed by atoms with van der Waals surface area (Å²) in [5.41, 5.74) is 3.89. The van der Waals surface area contributed by atoms with Gasteiger partial charge in [-0.05, 0) is 18.2 Å². The van der Waals surface area contributed by atoms with Gasteiger partial charge in [-0.25, -0.2) is 8.42 Å². The molecule has 9 heteroatoms. The Morgan fingerprint density at radius 2 is 1.86 bits per heavy atom. The van der Waals surface area contributed by atoms with E-state index in [1.807, 2.05) is 0 Å². The van der Waals surface area contributed by atoms with Gasteiger partial charge in [0.1, 0.15) is 0 Å². The van der Waals surface area contributed by atoms with Gasteiger partial charge < -0.3 is 10.6 Å². The number of nitrogens with zero attached hydrogens (tertiary/aromatic N) is 1. The van der Waals surface area contributed by atoms with Crippen molar-refractivity contribution in [2.24, 2.45) is 0 Å². The molecule has 0 bridgehead atoms. The van der Waals surface area contributed by atoms with E-state index in [4.69, 9.17) is 5.73 Å². The first-order valence-electron chi connectivity index (χ1n) is 5.85. The molecule has 1 rings (SSSR count). The SMILES string of the molecule is CN(C)C(=O)CCS(=O)(=O)c1ccc(C(F)(F)F)cc1N. The van der Waals surface area contributed by atoms with Crippen LogP contribution < -0.4 is 5.73 Å². The number of amides is 1. The van der Waals surface area contributed by atoms with E-state index in [0.29, 0.717) is 12.1 Å². The fourth-order valence-corrected chi connectivity index (χ4v) is 2.92. The van der Waals surface area contributed by atoms with Gasteiger partial charge in [-0.1, -0.05) is 0 Å². The van der Waals surface area contributed by atoms with Crippen molar-refractivity contribution < 1.29 is 26.4 Å². The third-order valence-corrected chi connectivity index (χ3v) is 4.54. The lowest BCUT2D eigenvalue weighted by Gasteiger charge is -2.13. The van der Waals surface area contributed by atoms with E-state index in [1.54, 1.807) is 0 Å². The summed E-state index contributed by atoms with van der Waals surface area (Å²) in [5.74, 6) is -0.913. The maximum Gasteiger partial charge on any atom is 0.416 e. The second-order valence-electron chi connectivity index (χ2n) is 4.61. The highest BCUT2D eigenvalue weighted by Crippen LogP contribution is 2.32. The van der Waals surface area contributed by atoms with E-state index in [9.17, 15) is 26.4 Å². The van der Waals surface area contributed by atoms with Crippen LogP contribution in [0.15, 0.2) is 23.1 Å². The summed E-state index contributed by atoms with van der Waals surface area (Å²) in [6, 6.07) is 2.03. The van der Waals surface area contributed by atoms with Crippen LogP contribution in [0.5, 0.6) is 0 Å². The molecule has 1 aromatic carbocycles. The average Bonchev–Trinajstić information content (AvgIpc) is 2.34. The molecule has 0 unspecified atom stereocenters. The lowest BCUT2D eigenvalue weighted by molar-refractivity contribution is -0.137. The Bertz CT molecular complexity index is 640. The zero-order valence-electron chi connectivity index (χ0n) is 11.4. The molecule has 0 atom stereocenters. The van der Waals surface area contributed by atoms with Crippen molar-refractivity contribution in [1.82, 2.24) is 4.90 Å². The highest BCUT2D eigenvalue weighted by atomic mass is 32.2. The largest absolute Gasteiger partial charge is 0.416 e. The molecule has 0 spiro atoms. The predicted molar refractivity (Wildman–Crippen MR) is 71.2 cm³/mol. The molecule has 0 aliphatic carbocycles. The zero-order valence-corrected chi connectivity index (χ0v) is 12.3. The van der Waals surface area contributed by atoms with Crippen molar-refractivity contribution in [1.29, 1.82) is 0 Å². The summed E-state index contributed by atoms with van der Waals surface area (Å²) < 4.78 is 61.5. The topological polar surface area (TPSA) is 80.5 Å². The number of benzene rings is 1. The third-order valence-electron chi connectivity index (χ3n) is 2.76. The molecule has 1 amide bonds. The molecular formula is C12H15F3N2O3S. The van der Waals surface area contributed by atoms with Crippen LogP contribution in [0.25, 0.3) is 0 Å². The zero-order chi connectivity index (χ0) is 16.4. The van der Waals surface area contributed by atoms with Gasteiger partial charge in [-0.3, -0.25) is 4.79 Å². The standard InChI is InChI=1S/C12H15F3N2O3S/c1-17(2)11(18)5-6-21(19,20)10-4-3-8(7-9(10)16)12(13,14)15/h3-4,7H,5-6,16H2,1-2H3. The van der Waals surface area contributed by atoms with Crippen molar-refractivity contribution in [3.8, 4) is 0 Å². The minimum atomic E-state index is -4.60. The summed E-state index contributed by atoms with van der Waals surface area (Å²) in [6.07, 6.45) is -4.87. The number of anilines is 1. The minimum Gasteiger partial charge on any atom is -0.398 e. The van der Waals surface area contributed by atoms with Crippen LogP contribution in [0.3, 0.4) is 0 Å². The molecule has 21 heavy (non-hydrogen) atoms. The number of halogens is 3. The number of rotatable bonds is 4. The lowest BCUT2D eigenvalue weighted by atomic mass is 10.2. The fraction of sp³-hybridized carbons (Fsp3) is 0.417. The summed E-state index contributed by atoms with van der Waals surface area (Å²) in [6.45, 7) is 0. The highest BCUT2D eigenvalue weighted by Gasteiger charge is 2.32. The van der Waals surface area contributed by atoms with Crippen LogP contribution in [0.2, 0.25) is 0 Å². The number of hydrogen-bond acceptors (Lipinski definition) is 4. The van der Waals surface area contributed by atoms with E-state index in [2.05, 4.69) is 0 Å². The third kappa shape index (κ3) is 4.35. The first-order chi connectivity index (χ1) is 9.45. The Balaban J connectivity index is 3.02. The molecular weight excluding hydrogens is 309 g/mol. The molecule has 0 heterocycles. The van der Waals surface area contributed by atoms with Crippen LogP contribution >= 0.6 is 0 Å². The number of carbonyl (C=O) groups excluding carboxylic acids is 1. The number of sulfone groups is 1. The quantitative estimate of drug-likeness (QED) is 0.852. The maximum absolute atomic E-state index is 12.5. The van der Waals surface area contributed by atoms with Crippen molar-refractivity contribution in [3.63, 3.8) is 0 Å². The average molecular weight is 324 g/mol. The fourth-order valence-electron chi connectivity index (χ4n) is 1.56. The van der Waals surface area contributed by atoms with Gasteiger partial charge in [0.05, 0.1) is 21.9 Å². The van der Waals surface area contributed by atoms with Gasteiger partial charge in [0.15, 0.2) is 9.84 Å². The summed E-state index contributed by atoms with van der Waals surface area (Å²) in [7, 11) is -0.974. The van der Waals surface area contributed by atoms with Crippen molar-refractivity contribution in [2.75, 3.05) is 25.6 Å². The summed E-state index contributed by atoms with van der Waals surface area (Å²) in [4.78, 5) is 12.2. The predicted octanol–water partition coefficient (Wildman–Crippen LogP) is 1.54. The molecule has 0 aromatic heterocycles. The second kappa shape index (κ2) is 5.92. The number of carbonyl (C=O) groups is 1. The van der Waals surface area contributed by atoms with Crippen LogP contribution in [-0.4, -0.2) is 39.1 Å². The Labute approximate surface area is 120 Å². The smallest absolute Gasteiger partial charge is 0.398 e. The molecule has 0 aliphatic rings.